The Balaban J connectivity index is 1.89. The lowest BCUT2D eigenvalue weighted by Gasteiger charge is -2.31. The van der Waals surface area contributed by atoms with Crippen molar-refractivity contribution in [1.82, 2.24) is 10.2 Å². The van der Waals surface area contributed by atoms with Gasteiger partial charge in [0.1, 0.15) is 6.04 Å². The zero-order valence-corrected chi connectivity index (χ0v) is 13.0. The predicted octanol–water partition coefficient (Wildman–Crippen LogP) is 2.78. The molecule has 3 amide bonds. The van der Waals surface area contributed by atoms with Gasteiger partial charge in [-0.2, -0.15) is 0 Å². The number of halogens is 1. The Labute approximate surface area is 134 Å². The fraction of sp³-hybridized carbons (Fsp3) is 0.188. The summed E-state index contributed by atoms with van der Waals surface area (Å²) in [5.74, 6) is -0.395. The summed E-state index contributed by atoms with van der Waals surface area (Å²) in [4.78, 5) is 37.7. The van der Waals surface area contributed by atoms with E-state index in [1.165, 1.54) is 4.90 Å². The van der Waals surface area contributed by atoms with Crippen molar-refractivity contribution in [2.24, 2.45) is 0 Å². The lowest BCUT2D eigenvalue weighted by molar-refractivity contribution is -0.121. The Morgan fingerprint density at radius 3 is 2.73 bits per heavy atom. The molecule has 0 spiro atoms. The van der Waals surface area contributed by atoms with Gasteiger partial charge in [-0.3, -0.25) is 14.9 Å². The molecule has 1 saturated heterocycles. The third kappa shape index (κ3) is 1.73. The van der Waals surface area contributed by atoms with E-state index in [0.29, 0.717) is 5.56 Å². The number of imide groups is 1. The minimum Gasteiger partial charge on any atom is -0.309 e. The highest BCUT2D eigenvalue weighted by atomic mass is 79.9. The Kier molecular flexibility index (Phi) is 2.84. The number of carbonyl (C=O) groups excluding carboxylic acids is 3. The molecule has 2 aromatic carbocycles. The number of ketones is 1. The zero-order chi connectivity index (χ0) is 15.4. The molecule has 1 atom stereocenters. The first-order valence-corrected chi connectivity index (χ1v) is 7.73. The van der Waals surface area contributed by atoms with Gasteiger partial charge in [-0.1, -0.05) is 34.1 Å². The van der Waals surface area contributed by atoms with Crippen LogP contribution in [-0.2, 0) is 4.79 Å². The van der Waals surface area contributed by atoms with E-state index in [9.17, 15) is 14.4 Å². The number of nitrogens with one attached hydrogen (secondary N) is 1. The molecule has 4 rings (SSSR count). The second kappa shape index (κ2) is 4.64. The first-order valence-electron chi connectivity index (χ1n) is 6.93. The molecule has 2 aliphatic rings. The number of nitrogens with zero attached hydrogens (tertiary/aromatic N) is 1. The van der Waals surface area contributed by atoms with E-state index >= 15 is 0 Å². The topological polar surface area (TPSA) is 66.5 Å². The Morgan fingerprint density at radius 2 is 1.95 bits per heavy atom. The smallest absolute Gasteiger partial charge is 0.309 e. The van der Waals surface area contributed by atoms with E-state index in [4.69, 9.17) is 0 Å². The van der Waals surface area contributed by atoms with Crippen LogP contribution < -0.4 is 5.32 Å². The SMILES string of the molecule is O=C1CCN(C2C(=O)c3ccc(Br)c4cccc2c34)C(=O)N1. The Hall–Kier alpha value is -2.21. The third-order valence-electron chi connectivity index (χ3n) is 4.23. The average Bonchev–Trinajstić information content (AvgIpc) is 2.77. The van der Waals surface area contributed by atoms with Gasteiger partial charge >= 0.3 is 6.03 Å². The summed E-state index contributed by atoms with van der Waals surface area (Å²) in [6.07, 6.45) is 0.214. The summed E-state index contributed by atoms with van der Waals surface area (Å²) < 4.78 is 0.917. The van der Waals surface area contributed by atoms with Gasteiger partial charge in [0.2, 0.25) is 5.91 Å². The van der Waals surface area contributed by atoms with Crippen molar-refractivity contribution in [1.29, 1.82) is 0 Å². The molecular formula is C16H11BrN2O3. The number of amides is 3. The van der Waals surface area contributed by atoms with Gasteiger partial charge in [0.25, 0.3) is 0 Å². The minimum atomic E-state index is -0.652. The van der Waals surface area contributed by atoms with Gasteiger partial charge in [0.05, 0.1) is 0 Å². The summed E-state index contributed by atoms with van der Waals surface area (Å²) in [5.41, 5.74) is 1.45. The molecule has 1 N–H and O–H groups in total. The lowest BCUT2D eigenvalue weighted by Crippen LogP contribution is -2.51. The Bertz CT molecular complexity index is 862. The Morgan fingerprint density at radius 1 is 1.14 bits per heavy atom. The maximum atomic E-state index is 12.8. The normalized spacial score (nSPS) is 20.7. The van der Waals surface area contributed by atoms with Crippen LogP contribution in [0.15, 0.2) is 34.8 Å². The van der Waals surface area contributed by atoms with Crippen LogP contribution in [-0.4, -0.2) is 29.2 Å². The summed E-state index contributed by atoms with van der Waals surface area (Å²) >= 11 is 3.50. The van der Waals surface area contributed by atoms with Gasteiger partial charge in [-0.25, -0.2) is 4.79 Å². The number of rotatable bonds is 1. The van der Waals surface area contributed by atoms with Gasteiger partial charge in [-0.15, -0.1) is 0 Å². The summed E-state index contributed by atoms with van der Waals surface area (Å²) in [6.45, 7) is 0.257. The van der Waals surface area contributed by atoms with Crippen LogP contribution in [0, 0.1) is 0 Å². The van der Waals surface area contributed by atoms with Crippen LogP contribution in [0.3, 0.4) is 0 Å². The third-order valence-corrected chi connectivity index (χ3v) is 4.92. The van der Waals surface area contributed by atoms with Gasteiger partial charge in [-0.05, 0) is 28.5 Å². The van der Waals surface area contributed by atoms with Crippen molar-refractivity contribution in [3.8, 4) is 0 Å². The predicted molar refractivity (Wildman–Crippen MR) is 83.6 cm³/mol. The van der Waals surface area contributed by atoms with Crippen LogP contribution >= 0.6 is 15.9 Å². The molecular weight excluding hydrogens is 348 g/mol. The molecule has 1 aliphatic carbocycles. The highest BCUT2D eigenvalue weighted by molar-refractivity contribution is 9.10. The minimum absolute atomic E-state index is 0.0943. The fourth-order valence-electron chi connectivity index (χ4n) is 3.25. The molecule has 22 heavy (non-hydrogen) atoms. The van der Waals surface area contributed by atoms with Crippen molar-refractivity contribution in [2.45, 2.75) is 12.5 Å². The van der Waals surface area contributed by atoms with Crippen LogP contribution in [0.4, 0.5) is 4.79 Å². The van der Waals surface area contributed by atoms with Crippen molar-refractivity contribution in [2.75, 3.05) is 6.54 Å². The van der Waals surface area contributed by atoms with E-state index < -0.39 is 12.1 Å². The molecule has 0 aromatic heterocycles. The maximum absolute atomic E-state index is 12.8. The van der Waals surface area contributed by atoms with Crippen molar-refractivity contribution in [3.05, 3.63) is 45.9 Å². The molecule has 1 heterocycles. The zero-order valence-electron chi connectivity index (χ0n) is 11.4. The number of hydrogen-bond donors (Lipinski definition) is 1. The monoisotopic (exact) mass is 358 g/mol. The van der Waals surface area contributed by atoms with E-state index in [2.05, 4.69) is 21.2 Å². The molecule has 1 aliphatic heterocycles. The highest BCUT2D eigenvalue weighted by Crippen LogP contribution is 2.42. The van der Waals surface area contributed by atoms with E-state index in [1.54, 1.807) is 6.07 Å². The molecule has 110 valence electrons. The first kappa shape index (κ1) is 13.5. The van der Waals surface area contributed by atoms with Crippen LogP contribution in [0.1, 0.15) is 28.4 Å². The van der Waals surface area contributed by atoms with E-state index in [-0.39, 0.29) is 24.7 Å². The lowest BCUT2D eigenvalue weighted by atomic mass is 10.0. The fourth-order valence-corrected chi connectivity index (χ4v) is 3.72. The first-order chi connectivity index (χ1) is 10.6. The molecule has 5 nitrogen and oxygen atoms in total. The average molecular weight is 359 g/mol. The molecule has 0 saturated carbocycles. The van der Waals surface area contributed by atoms with Crippen molar-refractivity contribution in [3.63, 3.8) is 0 Å². The van der Waals surface area contributed by atoms with Crippen LogP contribution in [0.2, 0.25) is 0 Å². The highest BCUT2D eigenvalue weighted by Gasteiger charge is 2.41. The van der Waals surface area contributed by atoms with E-state index in [0.717, 1.165) is 20.8 Å². The number of hydrogen-bond acceptors (Lipinski definition) is 3. The second-order valence-corrected chi connectivity index (χ2v) is 6.28. The molecule has 0 bridgehead atoms. The van der Waals surface area contributed by atoms with Crippen LogP contribution in [0.25, 0.3) is 10.8 Å². The number of benzene rings is 2. The molecule has 0 radical (unpaired) electrons. The summed E-state index contributed by atoms with van der Waals surface area (Å²) in [7, 11) is 0. The quantitative estimate of drug-likeness (QED) is 0.852. The maximum Gasteiger partial charge on any atom is 0.324 e. The molecule has 6 heteroatoms. The summed E-state index contributed by atoms with van der Waals surface area (Å²) in [6, 6.07) is 8.18. The number of urea groups is 1. The standard InChI is InChI=1S/C16H11BrN2O3/c17-11-5-4-10-13-8(11)2-1-3-9(13)14(15(10)21)19-7-6-12(20)18-16(19)22/h1-5,14H,6-7H2,(H,18,20,22). The number of Topliss-reactive ketones (excluding diaryl/α,β-unsaturated/α-hetero) is 1. The van der Waals surface area contributed by atoms with Crippen LogP contribution in [0.5, 0.6) is 0 Å². The van der Waals surface area contributed by atoms with E-state index in [1.807, 2.05) is 24.3 Å². The van der Waals surface area contributed by atoms with Crippen molar-refractivity contribution >= 4 is 44.4 Å². The molecule has 2 aromatic rings. The van der Waals surface area contributed by atoms with Gasteiger partial charge in [0.15, 0.2) is 5.78 Å². The summed E-state index contributed by atoms with van der Waals surface area (Å²) in [5, 5.41) is 4.13. The second-order valence-electron chi connectivity index (χ2n) is 5.43. The number of carbonyl (C=O) groups is 3. The molecule has 1 unspecified atom stereocenters. The van der Waals surface area contributed by atoms with Gasteiger partial charge < -0.3 is 4.90 Å². The van der Waals surface area contributed by atoms with Gasteiger partial charge in [0, 0.05) is 23.0 Å². The molecule has 1 fully saturated rings. The van der Waals surface area contributed by atoms with Crippen molar-refractivity contribution < 1.29 is 14.4 Å². The largest absolute Gasteiger partial charge is 0.324 e.